The SMILES string of the molecule is CC.CCOC(=O)c1noc(-c2ccccc2)c1C(F)(F)F. The van der Waals surface area contributed by atoms with Crippen LogP contribution in [0.2, 0.25) is 0 Å². The Bertz CT molecular complexity index is 606. The van der Waals surface area contributed by atoms with Crippen molar-refractivity contribution in [2.75, 3.05) is 6.61 Å². The molecule has 0 unspecified atom stereocenters. The monoisotopic (exact) mass is 315 g/mol. The summed E-state index contributed by atoms with van der Waals surface area (Å²) in [6, 6.07) is 7.64. The van der Waals surface area contributed by atoms with E-state index in [0.717, 1.165) is 0 Å². The molecule has 0 aliphatic rings. The van der Waals surface area contributed by atoms with Gasteiger partial charge in [0.1, 0.15) is 5.56 Å². The van der Waals surface area contributed by atoms with Gasteiger partial charge in [0, 0.05) is 5.56 Å². The molecule has 4 nitrogen and oxygen atoms in total. The van der Waals surface area contributed by atoms with Crippen LogP contribution < -0.4 is 0 Å². The summed E-state index contributed by atoms with van der Waals surface area (Å²) in [5.74, 6) is -1.66. The maximum absolute atomic E-state index is 13.1. The van der Waals surface area contributed by atoms with Crippen molar-refractivity contribution in [3.8, 4) is 11.3 Å². The topological polar surface area (TPSA) is 52.3 Å². The van der Waals surface area contributed by atoms with E-state index in [-0.39, 0.29) is 12.2 Å². The number of carbonyl (C=O) groups is 1. The zero-order valence-corrected chi connectivity index (χ0v) is 12.4. The van der Waals surface area contributed by atoms with Crippen LogP contribution in [0.25, 0.3) is 11.3 Å². The lowest BCUT2D eigenvalue weighted by atomic mass is 10.1. The second kappa shape index (κ2) is 7.63. The van der Waals surface area contributed by atoms with Crippen molar-refractivity contribution in [3.63, 3.8) is 0 Å². The van der Waals surface area contributed by atoms with E-state index in [2.05, 4.69) is 9.89 Å². The van der Waals surface area contributed by atoms with Crippen LogP contribution in [0.5, 0.6) is 0 Å². The molecular weight excluding hydrogens is 299 g/mol. The standard InChI is InChI=1S/C13H10F3NO3.C2H6/c1-2-19-12(18)10-9(13(14,15)16)11(20-17-10)8-6-4-3-5-7-8;1-2/h3-7H,2H2,1H3;1-2H3. The average molecular weight is 315 g/mol. The van der Waals surface area contributed by atoms with Crippen LogP contribution in [-0.4, -0.2) is 17.7 Å². The highest BCUT2D eigenvalue weighted by Crippen LogP contribution is 2.39. The molecule has 0 bridgehead atoms. The molecule has 2 rings (SSSR count). The number of benzene rings is 1. The van der Waals surface area contributed by atoms with E-state index >= 15 is 0 Å². The molecule has 120 valence electrons. The number of hydrogen-bond acceptors (Lipinski definition) is 4. The highest BCUT2D eigenvalue weighted by Gasteiger charge is 2.43. The van der Waals surface area contributed by atoms with Crippen LogP contribution in [0.15, 0.2) is 34.9 Å². The molecule has 7 heteroatoms. The average Bonchev–Trinajstić information content (AvgIpc) is 2.96. The fourth-order valence-electron chi connectivity index (χ4n) is 1.68. The predicted molar refractivity (Wildman–Crippen MR) is 74.2 cm³/mol. The maximum Gasteiger partial charge on any atom is 0.422 e. The van der Waals surface area contributed by atoms with E-state index in [0.29, 0.717) is 0 Å². The van der Waals surface area contributed by atoms with Crippen LogP contribution in [-0.2, 0) is 10.9 Å². The van der Waals surface area contributed by atoms with Crippen LogP contribution in [0.3, 0.4) is 0 Å². The fourth-order valence-corrected chi connectivity index (χ4v) is 1.68. The number of aromatic nitrogens is 1. The lowest BCUT2D eigenvalue weighted by molar-refractivity contribution is -0.137. The zero-order valence-electron chi connectivity index (χ0n) is 12.4. The van der Waals surface area contributed by atoms with Crippen LogP contribution in [0, 0.1) is 0 Å². The van der Waals surface area contributed by atoms with Gasteiger partial charge in [0.05, 0.1) is 6.61 Å². The Labute approximate surface area is 125 Å². The first-order valence-corrected chi connectivity index (χ1v) is 6.74. The van der Waals surface area contributed by atoms with Crippen LogP contribution in [0.1, 0.15) is 36.8 Å². The van der Waals surface area contributed by atoms with Crippen molar-refractivity contribution in [2.45, 2.75) is 26.9 Å². The van der Waals surface area contributed by atoms with Gasteiger partial charge in [-0.15, -0.1) is 0 Å². The first-order valence-electron chi connectivity index (χ1n) is 6.74. The second-order valence-corrected chi connectivity index (χ2v) is 3.82. The number of carbonyl (C=O) groups excluding carboxylic acids is 1. The molecular formula is C15H16F3NO3. The molecule has 1 aromatic carbocycles. The third-order valence-corrected chi connectivity index (χ3v) is 2.48. The van der Waals surface area contributed by atoms with Crippen molar-refractivity contribution in [1.29, 1.82) is 0 Å². The predicted octanol–water partition coefficient (Wildman–Crippen LogP) is 4.56. The Balaban J connectivity index is 0.00000116. The summed E-state index contributed by atoms with van der Waals surface area (Å²) in [4.78, 5) is 11.5. The van der Waals surface area contributed by atoms with E-state index in [4.69, 9.17) is 4.52 Å². The molecule has 0 radical (unpaired) electrons. The third-order valence-electron chi connectivity index (χ3n) is 2.48. The van der Waals surface area contributed by atoms with Crippen LogP contribution >= 0.6 is 0 Å². The molecule has 0 atom stereocenters. The zero-order chi connectivity index (χ0) is 16.8. The summed E-state index contributed by atoms with van der Waals surface area (Å²) in [6.07, 6.45) is -4.77. The number of halogens is 3. The van der Waals surface area contributed by atoms with E-state index < -0.39 is 29.2 Å². The summed E-state index contributed by atoms with van der Waals surface area (Å²) in [7, 11) is 0. The molecule has 0 N–H and O–H groups in total. The molecule has 0 spiro atoms. The van der Waals surface area contributed by atoms with Crippen molar-refractivity contribution in [3.05, 3.63) is 41.6 Å². The molecule has 22 heavy (non-hydrogen) atoms. The van der Waals surface area contributed by atoms with E-state index in [1.54, 1.807) is 18.2 Å². The Kier molecular flexibility index (Phi) is 6.15. The second-order valence-electron chi connectivity index (χ2n) is 3.82. The molecule has 0 fully saturated rings. The first-order chi connectivity index (χ1) is 10.4. The minimum Gasteiger partial charge on any atom is -0.461 e. The van der Waals surface area contributed by atoms with Gasteiger partial charge in [0.15, 0.2) is 5.76 Å². The Morgan fingerprint density at radius 3 is 2.32 bits per heavy atom. The van der Waals surface area contributed by atoms with Crippen molar-refractivity contribution in [2.24, 2.45) is 0 Å². The molecule has 0 amide bonds. The number of rotatable bonds is 3. The molecule has 0 saturated heterocycles. The van der Waals surface area contributed by atoms with Gasteiger partial charge in [0.2, 0.25) is 5.69 Å². The minimum absolute atomic E-state index is 0.0519. The van der Waals surface area contributed by atoms with E-state index in [9.17, 15) is 18.0 Å². The van der Waals surface area contributed by atoms with Crippen molar-refractivity contribution in [1.82, 2.24) is 5.16 Å². The maximum atomic E-state index is 13.1. The molecule has 0 aliphatic heterocycles. The number of ether oxygens (including phenoxy) is 1. The van der Waals surface area contributed by atoms with Gasteiger partial charge in [-0.1, -0.05) is 49.3 Å². The van der Waals surface area contributed by atoms with Gasteiger partial charge in [-0.2, -0.15) is 13.2 Å². The molecule has 1 heterocycles. The number of esters is 1. The van der Waals surface area contributed by atoms with Gasteiger partial charge in [-0.05, 0) is 6.92 Å². The Morgan fingerprint density at radius 2 is 1.82 bits per heavy atom. The molecule has 0 aliphatic carbocycles. The lowest BCUT2D eigenvalue weighted by Gasteiger charge is -2.07. The van der Waals surface area contributed by atoms with Gasteiger partial charge >= 0.3 is 12.1 Å². The highest BCUT2D eigenvalue weighted by atomic mass is 19.4. The van der Waals surface area contributed by atoms with Gasteiger partial charge in [-0.3, -0.25) is 0 Å². The van der Waals surface area contributed by atoms with E-state index in [1.807, 2.05) is 13.8 Å². The molecule has 1 aromatic heterocycles. The van der Waals surface area contributed by atoms with Gasteiger partial charge < -0.3 is 9.26 Å². The molecule has 2 aromatic rings. The number of alkyl halides is 3. The normalized spacial score (nSPS) is 10.6. The summed E-state index contributed by atoms with van der Waals surface area (Å²) in [5.41, 5.74) is -1.90. The summed E-state index contributed by atoms with van der Waals surface area (Å²) >= 11 is 0. The van der Waals surface area contributed by atoms with Crippen LogP contribution in [0.4, 0.5) is 13.2 Å². The van der Waals surface area contributed by atoms with Gasteiger partial charge in [0.25, 0.3) is 0 Å². The lowest BCUT2D eigenvalue weighted by Crippen LogP contribution is -2.14. The number of hydrogen-bond donors (Lipinski definition) is 0. The van der Waals surface area contributed by atoms with E-state index in [1.165, 1.54) is 19.1 Å². The van der Waals surface area contributed by atoms with Crippen molar-refractivity contribution < 1.29 is 27.2 Å². The van der Waals surface area contributed by atoms with Gasteiger partial charge in [-0.25, -0.2) is 4.79 Å². The third kappa shape index (κ3) is 3.87. The van der Waals surface area contributed by atoms with Crippen molar-refractivity contribution >= 4 is 5.97 Å². The minimum atomic E-state index is -4.77. The first kappa shape index (κ1) is 17.7. The summed E-state index contributed by atoms with van der Waals surface area (Å²) < 4.78 is 48.6. The Morgan fingerprint density at radius 1 is 1.23 bits per heavy atom. The quantitative estimate of drug-likeness (QED) is 0.779. The fraction of sp³-hybridized carbons (Fsp3) is 0.333. The highest BCUT2D eigenvalue weighted by molar-refractivity contribution is 5.91. The largest absolute Gasteiger partial charge is 0.461 e. The summed E-state index contributed by atoms with van der Waals surface area (Å²) in [5, 5.41) is 3.21. The Hall–Kier alpha value is -2.31. The molecule has 0 saturated carbocycles. The number of nitrogens with zero attached hydrogens (tertiary/aromatic N) is 1. The smallest absolute Gasteiger partial charge is 0.422 e. The summed E-state index contributed by atoms with van der Waals surface area (Å²) in [6.45, 7) is 5.44.